The highest BCUT2D eigenvalue weighted by Gasteiger charge is 2.59. The van der Waals surface area contributed by atoms with E-state index in [1.165, 1.54) is 18.2 Å². The zero-order valence-corrected chi connectivity index (χ0v) is 19.9. The summed E-state index contributed by atoms with van der Waals surface area (Å²) in [4.78, 5) is 1.73. The quantitative estimate of drug-likeness (QED) is 0.426. The molecule has 3 aromatic rings. The van der Waals surface area contributed by atoms with Crippen LogP contribution in [-0.4, -0.2) is 57.7 Å². The number of rotatable bonds is 8. The van der Waals surface area contributed by atoms with Crippen molar-refractivity contribution in [2.75, 3.05) is 19.6 Å². The van der Waals surface area contributed by atoms with Gasteiger partial charge in [0.25, 0.3) is 0 Å². The number of para-hydroxylation sites is 1. The fourth-order valence-corrected chi connectivity index (χ4v) is 5.31. The molecule has 3 N–H and O–H groups in total. The van der Waals surface area contributed by atoms with Crippen LogP contribution in [0.2, 0.25) is 0 Å². The molecule has 0 bridgehead atoms. The summed E-state index contributed by atoms with van der Waals surface area (Å²) >= 11 is 0. The number of aliphatic hydroxyl groups is 3. The molecule has 3 aromatic carbocycles. The summed E-state index contributed by atoms with van der Waals surface area (Å²) in [6, 6.07) is 16.9. The van der Waals surface area contributed by atoms with Crippen LogP contribution in [0.25, 0.3) is 0 Å². The van der Waals surface area contributed by atoms with Gasteiger partial charge >= 0.3 is 0 Å². The number of halogens is 3. The van der Waals surface area contributed by atoms with Gasteiger partial charge in [-0.1, -0.05) is 42.5 Å². The highest BCUT2D eigenvalue weighted by atomic mass is 19.1. The lowest BCUT2D eigenvalue weighted by atomic mass is 9.93. The minimum absolute atomic E-state index is 0.00245. The molecule has 0 aromatic heterocycles. The molecule has 1 aliphatic heterocycles. The number of ether oxygens (including phenoxy) is 2. The number of hydrogen-bond acceptors (Lipinski definition) is 6. The van der Waals surface area contributed by atoms with Crippen molar-refractivity contribution in [3.63, 3.8) is 0 Å². The second kappa shape index (κ2) is 10.3. The van der Waals surface area contributed by atoms with Crippen LogP contribution in [0, 0.1) is 23.4 Å². The Balaban J connectivity index is 1.20. The SMILES string of the molecule is O[C@H](CN1C[C@@H]2C[C@@H](Oc3ccccc3F)[C@@H](O)[C@]2(O)C1)c1cc(F)c(OCc2ccccc2)c(F)c1. The van der Waals surface area contributed by atoms with E-state index in [0.29, 0.717) is 6.54 Å². The van der Waals surface area contributed by atoms with E-state index in [1.807, 2.05) is 6.07 Å². The molecule has 1 heterocycles. The van der Waals surface area contributed by atoms with Crippen molar-refractivity contribution in [3.05, 3.63) is 95.3 Å². The van der Waals surface area contributed by atoms with E-state index in [-0.39, 0.29) is 43.3 Å². The van der Waals surface area contributed by atoms with E-state index in [0.717, 1.165) is 17.7 Å². The number of aliphatic hydroxyl groups excluding tert-OH is 2. The van der Waals surface area contributed by atoms with E-state index in [4.69, 9.17) is 9.47 Å². The third kappa shape index (κ3) is 5.17. The van der Waals surface area contributed by atoms with Crippen LogP contribution in [0.15, 0.2) is 66.7 Å². The fraction of sp³-hybridized carbons (Fsp3) is 0.357. The van der Waals surface area contributed by atoms with Gasteiger partial charge in [0.15, 0.2) is 29.0 Å². The molecule has 196 valence electrons. The summed E-state index contributed by atoms with van der Waals surface area (Å²) in [5.41, 5.74) is -0.722. The summed E-state index contributed by atoms with van der Waals surface area (Å²) in [5.74, 6) is -3.31. The first kappa shape index (κ1) is 25.5. The number of benzene rings is 3. The molecular formula is C28H28F3NO5. The van der Waals surface area contributed by atoms with E-state index in [2.05, 4.69) is 0 Å². The molecule has 5 rings (SSSR count). The Kier molecular flexibility index (Phi) is 7.13. The first-order valence-corrected chi connectivity index (χ1v) is 12.1. The molecule has 0 amide bonds. The predicted molar refractivity (Wildman–Crippen MR) is 128 cm³/mol. The molecule has 6 nitrogen and oxygen atoms in total. The zero-order chi connectivity index (χ0) is 26.2. The maximum absolute atomic E-state index is 14.6. The van der Waals surface area contributed by atoms with Gasteiger partial charge in [-0.2, -0.15) is 0 Å². The highest BCUT2D eigenvalue weighted by molar-refractivity contribution is 5.33. The van der Waals surface area contributed by atoms with Crippen molar-refractivity contribution in [3.8, 4) is 11.5 Å². The van der Waals surface area contributed by atoms with Crippen molar-refractivity contribution in [1.29, 1.82) is 0 Å². The van der Waals surface area contributed by atoms with Crippen LogP contribution in [0.5, 0.6) is 11.5 Å². The number of likely N-dealkylation sites (tertiary alicyclic amines) is 1. The second-order valence-corrected chi connectivity index (χ2v) is 9.75. The maximum Gasteiger partial charge on any atom is 0.191 e. The van der Waals surface area contributed by atoms with Crippen LogP contribution in [0.3, 0.4) is 0 Å². The van der Waals surface area contributed by atoms with E-state index in [1.54, 1.807) is 35.2 Å². The number of β-amino-alcohol motifs (C(OH)–C–C–N with tert-alkyl or cyclic N) is 2. The fourth-order valence-electron chi connectivity index (χ4n) is 5.31. The summed E-state index contributed by atoms with van der Waals surface area (Å²) in [5, 5.41) is 32.6. The number of hydrogen-bond donors (Lipinski definition) is 3. The van der Waals surface area contributed by atoms with Crippen LogP contribution in [-0.2, 0) is 6.61 Å². The number of nitrogens with zero attached hydrogens (tertiary/aromatic N) is 1. The van der Waals surface area contributed by atoms with Gasteiger partial charge in [0.1, 0.15) is 24.4 Å². The van der Waals surface area contributed by atoms with Crippen molar-refractivity contribution in [1.82, 2.24) is 4.90 Å². The van der Waals surface area contributed by atoms with Gasteiger partial charge in [0, 0.05) is 25.6 Å². The molecule has 1 saturated heterocycles. The summed E-state index contributed by atoms with van der Waals surface area (Å²) in [6.07, 6.45) is -3.01. The molecule has 9 heteroatoms. The second-order valence-electron chi connectivity index (χ2n) is 9.75. The summed E-state index contributed by atoms with van der Waals surface area (Å²) < 4.78 is 54.2. The Bertz CT molecular complexity index is 1220. The minimum atomic E-state index is -1.51. The van der Waals surface area contributed by atoms with Gasteiger partial charge in [-0.3, -0.25) is 4.90 Å². The monoisotopic (exact) mass is 515 g/mol. The van der Waals surface area contributed by atoms with Crippen LogP contribution in [0.4, 0.5) is 13.2 Å². The normalized spacial score (nSPS) is 26.2. The molecule has 0 unspecified atom stereocenters. The summed E-state index contributed by atoms with van der Waals surface area (Å²) in [6.45, 7) is 0.336. The van der Waals surface area contributed by atoms with Gasteiger partial charge in [-0.15, -0.1) is 0 Å². The van der Waals surface area contributed by atoms with Crippen molar-refractivity contribution in [2.24, 2.45) is 5.92 Å². The smallest absolute Gasteiger partial charge is 0.191 e. The maximum atomic E-state index is 14.6. The molecule has 2 aliphatic rings. The molecule has 1 aliphatic carbocycles. The van der Waals surface area contributed by atoms with E-state index < -0.39 is 47.1 Å². The van der Waals surface area contributed by atoms with Gasteiger partial charge in [0.05, 0.1) is 6.10 Å². The van der Waals surface area contributed by atoms with Gasteiger partial charge in [0.2, 0.25) is 0 Å². The average Bonchev–Trinajstić information content (AvgIpc) is 3.30. The third-order valence-corrected chi connectivity index (χ3v) is 7.22. The Morgan fingerprint density at radius 2 is 1.65 bits per heavy atom. The van der Waals surface area contributed by atoms with Crippen LogP contribution in [0.1, 0.15) is 23.7 Å². The van der Waals surface area contributed by atoms with Crippen LogP contribution < -0.4 is 9.47 Å². The molecule has 5 atom stereocenters. The van der Waals surface area contributed by atoms with Crippen molar-refractivity contribution in [2.45, 2.75) is 36.9 Å². The molecule has 1 saturated carbocycles. The van der Waals surface area contributed by atoms with Gasteiger partial charge < -0.3 is 24.8 Å². The molecule has 37 heavy (non-hydrogen) atoms. The standard InChI is InChI=1S/C28H28F3NO5/c29-20-8-4-5-9-24(20)37-25-12-19-13-32(16-28(19,35)27(25)34)14-23(33)18-10-21(30)26(22(31)11-18)36-15-17-6-2-1-3-7-17/h1-11,19,23,25,27,33-35H,12-16H2/t19-,23+,25+,27+,28-/m0/s1. The first-order chi connectivity index (χ1) is 17.7. The lowest BCUT2D eigenvalue weighted by Gasteiger charge is -2.29. The largest absolute Gasteiger partial charge is 0.485 e. The molecule has 2 fully saturated rings. The Labute approximate surface area is 212 Å². The Morgan fingerprint density at radius 1 is 0.973 bits per heavy atom. The Morgan fingerprint density at radius 3 is 2.32 bits per heavy atom. The van der Waals surface area contributed by atoms with E-state index >= 15 is 0 Å². The molecule has 0 radical (unpaired) electrons. The van der Waals surface area contributed by atoms with Gasteiger partial charge in [-0.25, -0.2) is 13.2 Å². The topological polar surface area (TPSA) is 82.4 Å². The zero-order valence-electron chi connectivity index (χ0n) is 19.9. The average molecular weight is 516 g/mol. The summed E-state index contributed by atoms with van der Waals surface area (Å²) in [7, 11) is 0. The number of fused-ring (bicyclic) bond motifs is 1. The molecular weight excluding hydrogens is 487 g/mol. The lowest BCUT2D eigenvalue weighted by molar-refractivity contribution is -0.0879. The van der Waals surface area contributed by atoms with Crippen molar-refractivity contribution >= 4 is 0 Å². The van der Waals surface area contributed by atoms with E-state index in [9.17, 15) is 28.5 Å². The first-order valence-electron chi connectivity index (χ1n) is 12.1. The Hall–Kier alpha value is -3.11. The predicted octanol–water partition coefficient (Wildman–Crippen LogP) is 3.59. The highest BCUT2D eigenvalue weighted by Crippen LogP contribution is 2.44. The van der Waals surface area contributed by atoms with Crippen LogP contribution >= 0.6 is 0 Å². The third-order valence-electron chi connectivity index (χ3n) is 7.22. The van der Waals surface area contributed by atoms with Crippen molar-refractivity contribution < 1.29 is 38.0 Å². The molecule has 0 spiro atoms. The lowest BCUT2D eigenvalue weighted by Crippen LogP contribution is -2.49. The minimum Gasteiger partial charge on any atom is -0.485 e. The van der Waals surface area contributed by atoms with Gasteiger partial charge in [-0.05, 0) is 41.8 Å².